The van der Waals surface area contributed by atoms with Crippen LogP contribution in [0.15, 0.2) is 12.3 Å². The minimum absolute atomic E-state index is 0.196. The lowest BCUT2D eigenvalue weighted by atomic mass is 10.2. The molecule has 13 heavy (non-hydrogen) atoms. The minimum Gasteiger partial charge on any atom is -0.383 e. The van der Waals surface area contributed by atoms with Gasteiger partial charge in [0.25, 0.3) is 10.1 Å². The third kappa shape index (κ3) is 7.48. The monoisotopic (exact) mass is 207 g/mol. The molecular weight excluding hydrogens is 194 g/mol. The van der Waals surface area contributed by atoms with Crippen LogP contribution in [-0.2, 0) is 14.9 Å². The average Bonchev–Trinajstić information content (AvgIpc) is 1.97. The van der Waals surface area contributed by atoms with Gasteiger partial charge in [0.15, 0.2) is 6.29 Å². The van der Waals surface area contributed by atoms with Gasteiger partial charge < -0.3 is 5.32 Å². The summed E-state index contributed by atoms with van der Waals surface area (Å²) in [5.74, 6) is -0.599. The van der Waals surface area contributed by atoms with Crippen LogP contribution in [0.3, 0.4) is 0 Å². The highest BCUT2D eigenvalue weighted by atomic mass is 32.2. The SMILES string of the molecule is C=C(C=O)NCC(C)CS(=O)(=O)O. The van der Waals surface area contributed by atoms with E-state index >= 15 is 0 Å². The van der Waals surface area contributed by atoms with Gasteiger partial charge in [0.05, 0.1) is 11.4 Å². The van der Waals surface area contributed by atoms with Crippen molar-refractivity contribution in [2.24, 2.45) is 5.92 Å². The van der Waals surface area contributed by atoms with E-state index in [1.807, 2.05) is 0 Å². The summed E-state index contributed by atoms with van der Waals surface area (Å²) in [5, 5.41) is 2.62. The van der Waals surface area contributed by atoms with E-state index in [0.29, 0.717) is 6.29 Å². The van der Waals surface area contributed by atoms with Crippen molar-refractivity contribution < 1.29 is 17.8 Å². The quantitative estimate of drug-likeness (QED) is 0.358. The van der Waals surface area contributed by atoms with Crippen LogP contribution in [0.4, 0.5) is 0 Å². The largest absolute Gasteiger partial charge is 0.383 e. The van der Waals surface area contributed by atoms with Crippen molar-refractivity contribution in [1.29, 1.82) is 0 Å². The van der Waals surface area contributed by atoms with Gasteiger partial charge in [-0.05, 0) is 5.92 Å². The molecule has 0 aromatic carbocycles. The zero-order valence-electron chi connectivity index (χ0n) is 7.36. The summed E-state index contributed by atoms with van der Waals surface area (Å²) in [7, 11) is -3.94. The second kappa shape index (κ2) is 4.98. The Kier molecular flexibility index (Phi) is 4.64. The van der Waals surface area contributed by atoms with Gasteiger partial charge in [-0.3, -0.25) is 9.35 Å². The van der Waals surface area contributed by atoms with Crippen molar-refractivity contribution in [1.82, 2.24) is 5.32 Å². The molecule has 6 heteroatoms. The van der Waals surface area contributed by atoms with Gasteiger partial charge in [0.2, 0.25) is 0 Å². The van der Waals surface area contributed by atoms with Crippen molar-refractivity contribution in [2.45, 2.75) is 6.92 Å². The predicted molar refractivity (Wildman–Crippen MR) is 48.8 cm³/mol. The molecule has 0 aliphatic rings. The first kappa shape index (κ1) is 12.1. The molecule has 0 radical (unpaired) electrons. The van der Waals surface area contributed by atoms with E-state index in [0.717, 1.165) is 0 Å². The van der Waals surface area contributed by atoms with Crippen molar-refractivity contribution in [3.63, 3.8) is 0 Å². The average molecular weight is 207 g/mol. The third-order valence-corrected chi connectivity index (χ3v) is 2.31. The maximum absolute atomic E-state index is 10.4. The summed E-state index contributed by atoms with van der Waals surface area (Å²) in [6.45, 7) is 5.28. The highest BCUT2D eigenvalue weighted by molar-refractivity contribution is 7.85. The molecule has 0 aromatic heterocycles. The Labute approximate surface area is 77.6 Å². The third-order valence-electron chi connectivity index (χ3n) is 1.31. The van der Waals surface area contributed by atoms with E-state index in [-0.39, 0.29) is 23.9 Å². The van der Waals surface area contributed by atoms with E-state index in [9.17, 15) is 13.2 Å². The maximum atomic E-state index is 10.4. The number of hydrogen-bond acceptors (Lipinski definition) is 4. The van der Waals surface area contributed by atoms with Crippen LogP contribution in [-0.4, -0.2) is 31.6 Å². The summed E-state index contributed by atoms with van der Waals surface area (Å²) >= 11 is 0. The number of carbonyl (C=O) groups excluding carboxylic acids is 1. The molecule has 5 nitrogen and oxygen atoms in total. The molecule has 2 N–H and O–H groups in total. The summed E-state index contributed by atoms with van der Waals surface area (Å²) in [4.78, 5) is 10.1. The van der Waals surface area contributed by atoms with E-state index in [1.165, 1.54) is 0 Å². The second-order valence-electron chi connectivity index (χ2n) is 2.88. The van der Waals surface area contributed by atoms with E-state index in [2.05, 4.69) is 11.9 Å². The first-order valence-electron chi connectivity index (χ1n) is 3.68. The number of aldehydes is 1. The molecule has 0 saturated carbocycles. The lowest BCUT2D eigenvalue weighted by molar-refractivity contribution is -0.105. The summed E-state index contributed by atoms with van der Waals surface area (Å²) < 4.78 is 29.2. The number of carbonyl (C=O) groups is 1. The fraction of sp³-hybridized carbons (Fsp3) is 0.571. The van der Waals surface area contributed by atoms with Crippen LogP contribution in [0.2, 0.25) is 0 Å². The molecule has 0 saturated heterocycles. The molecule has 0 spiro atoms. The molecule has 1 atom stereocenters. The van der Waals surface area contributed by atoms with Crippen LogP contribution in [0, 0.1) is 5.92 Å². The van der Waals surface area contributed by atoms with Gasteiger partial charge in [0.1, 0.15) is 0 Å². The van der Waals surface area contributed by atoms with E-state index < -0.39 is 10.1 Å². The van der Waals surface area contributed by atoms with Gasteiger partial charge >= 0.3 is 0 Å². The highest BCUT2D eigenvalue weighted by Gasteiger charge is 2.11. The molecule has 0 amide bonds. The maximum Gasteiger partial charge on any atom is 0.265 e. The van der Waals surface area contributed by atoms with Gasteiger partial charge in [-0.15, -0.1) is 0 Å². The van der Waals surface area contributed by atoms with Gasteiger partial charge in [0, 0.05) is 6.54 Å². The molecule has 0 bridgehead atoms. The van der Waals surface area contributed by atoms with Gasteiger partial charge in [-0.25, -0.2) is 0 Å². The first-order chi connectivity index (χ1) is 5.85. The first-order valence-corrected chi connectivity index (χ1v) is 5.29. The molecule has 0 heterocycles. The molecule has 76 valence electrons. The minimum atomic E-state index is -3.94. The van der Waals surface area contributed by atoms with Gasteiger partial charge in [-0.2, -0.15) is 8.42 Å². The fourth-order valence-corrected chi connectivity index (χ4v) is 1.60. The zero-order chi connectivity index (χ0) is 10.5. The van der Waals surface area contributed by atoms with Crippen LogP contribution in [0.1, 0.15) is 6.92 Å². The van der Waals surface area contributed by atoms with Crippen molar-refractivity contribution in [3.8, 4) is 0 Å². The predicted octanol–water partition coefficient (Wildman–Crippen LogP) is -0.187. The van der Waals surface area contributed by atoms with E-state index in [4.69, 9.17) is 4.55 Å². The summed E-state index contributed by atoms with van der Waals surface area (Å²) in [6.07, 6.45) is 0.542. The zero-order valence-corrected chi connectivity index (χ0v) is 8.17. The standard InChI is InChI=1S/C7H13NO4S/c1-6(5-13(10,11)12)3-8-7(2)4-9/h4,6,8H,2-3,5H2,1H3,(H,10,11,12). The topological polar surface area (TPSA) is 83.5 Å². The Bertz CT molecular complexity index is 283. The van der Waals surface area contributed by atoms with Gasteiger partial charge in [-0.1, -0.05) is 13.5 Å². The fourth-order valence-electron chi connectivity index (χ4n) is 0.765. The smallest absolute Gasteiger partial charge is 0.265 e. The lowest BCUT2D eigenvalue weighted by Gasteiger charge is -2.10. The normalized spacial score (nSPS) is 13.4. The van der Waals surface area contributed by atoms with Crippen molar-refractivity contribution in [2.75, 3.05) is 12.3 Å². The summed E-state index contributed by atoms with van der Waals surface area (Å²) in [5.41, 5.74) is 0.196. The van der Waals surface area contributed by atoms with Crippen LogP contribution >= 0.6 is 0 Å². The number of hydrogen-bond donors (Lipinski definition) is 2. The van der Waals surface area contributed by atoms with E-state index in [1.54, 1.807) is 6.92 Å². The van der Waals surface area contributed by atoms with Crippen LogP contribution in [0.5, 0.6) is 0 Å². The highest BCUT2D eigenvalue weighted by Crippen LogP contribution is 1.98. The lowest BCUT2D eigenvalue weighted by Crippen LogP contribution is -2.25. The second-order valence-corrected chi connectivity index (χ2v) is 4.37. The molecule has 0 aliphatic heterocycles. The Hall–Kier alpha value is -0.880. The van der Waals surface area contributed by atoms with Crippen molar-refractivity contribution >= 4 is 16.4 Å². The van der Waals surface area contributed by atoms with Crippen LogP contribution < -0.4 is 5.32 Å². The Morgan fingerprint density at radius 1 is 1.69 bits per heavy atom. The number of allylic oxidation sites excluding steroid dienone is 1. The Balaban J connectivity index is 3.83. The molecule has 0 rings (SSSR count). The van der Waals surface area contributed by atoms with Crippen LogP contribution in [0.25, 0.3) is 0 Å². The van der Waals surface area contributed by atoms with Crippen molar-refractivity contribution in [3.05, 3.63) is 12.3 Å². The number of nitrogens with one attached hydrogen (secondary N) is 1. The molecule has 0 aliphatic carbocycles. The Morgan fingerprint density at radius 2 is 2.23 bits per heavy atom. The Morgan fingerprint density at radius 3 is 2.62 bits per heavy atom. The number of rotatable bonds is 6. The molecule has 0 aromatic rings. The summed E-state index contributed by atoms with van der Waals surface area (Å²) in [6, 6.07) is 0. The molecule has 1 unspecified atom stereocenters. The molecular formula is C7H13NO4S. The molecule has 0 fully saturated rings.